The smallest absolute Gasteiger partial charge is 0.241 e. The number of amides is 1. The van der Waals surface area contributed by atoms with Crippen LogP contribution in [0.25, 0.3) is 0 Å². The number of anilines is 1. The Morgan fingerprint density at radius 1 is 1.22 bits per heavy atom. The molecular weight excluding hydrogens is 466 g/mol. The van der Waals surface area contributed by atoms with E-state index in [-0.39, 0.29) is 36.5 Å². The fourth-order valence-electron chi connectivity index (χ4n) is 4.80. The summed E-state index contributed by atoms with van der Waals surface area (Å²) in [5, 5.41) is 24.6. The summed E-state index contributed by atoms with van der Waals surface area (Å²) in [7, 11) is 1.72. The molecule has 1 fully saturated rings. The maximum Gasteiger partial charge on any atom is 0.241 e. The summed E-state index contributed by atoms with van der Waals surface area (Å²) in [6.07, 6.45) is 8.85. The highest BCUT2D eigenvalue weighted by molar-refractivity contribution is 5.95. The minimum Gasteiger partial charge on any atom is -0.395 e. The van der Waals surface area contributed by atoms with Gasteiger partial charge in [-0.2, -0.15) is 0 Å². The van der Waals surface area contributed by atoms with Gasteiger partial charge in [0.2, 0.25) is 5.91 Å². The van der Waals surface area contributed by atoms with E-state index in [0.717, 1.165) is 48.3 Å². The Labute approximate surface area is 218 Å². The first-order valence-corrected chi connectivity index (χ1v) is 13.0. The van der Waals surface area contributed by atoms with E-state index in [0.29, 0.717) is 6.54 Å². The molecule has 1 amide bonds. The van der Waals surface area contributed by atoms with Crippen LogP contribution in [0.2, 0.25) is 0 Å². The molecular formula is C29H37N5O3. The molecule has 196 valence electrons. The van der Waals surface area contributed by atoms with Crippen molar-refractivity contribution < 1.29 is 14.6 Å². The predicted octanol–water partition coefficient (Wildman–Crippen LogP) is 4.06. The van der Waals surface area contributed by atoms with Gasteiger partial charge in [-0.05, 0) is 49.1 Å². The zero-order chi connectivity index (χ0) is 26.0. The zero-order valence-electron chi connectivity index (χ0n) is 21.6. The van der Waals surface area contributed by atoms with E-state index in [1.54, 1.807) is 7.11 Å². The van der Waals surface area contributed by atoms with Crippen LogP contribution in [0.1, 0.15) is 55.0 Å². The number of hydrogen-bond donors (Lipinski definition) is 3. The molecule has 0 spiro atoms. The summed E-state index contributed by atoms with van der Waals surface area (Å²) in [5.41, 5.74) is 3.65. The van der Waals surface area contributed by atoms with Gasteiger partial charge in [0.25, 0.3) is 0 Å². The van der Waals surface area contributed by atoms with Crippen molar-refractivity contribution in [3.63, 3.8) is 0 Å². The zero-order valence-corrected chi connectivity index (χ0v) is 21.6. The summed E-state index contributed by atoms with van der Waals surface area (Å²) < 4.78 is 7.62. The quantitative estimate of drug-likeness (QED) is 0.322. The van der Waals surface area contributed by atoms with Gasteiger partial charge in [-0.1, -0.05) is 66.8 Å². The number of benzene rings is 2. The predicted molar refractivity (Wildman–Crippen MR) is 144 cm³/mol. The average molecular weight is 504 g/mol. The number of carbonyl (C=O) groups excluding carboxylic acids is 1. The monoisotopic (exact) mass is 503 g/mol. The molecule has 1 aliphatic heterocycles. The lowest BCUT2D eigenvalue weighted by Crippen LogP contribution is -2.35. The van der Waals surface area contributed by atoms with Crippen LogP contribution in [0.15, 0.2) is 72.9 Å². The van der Waals surface area contributed by atoms with E-state index in [2.05, 4.69) is 40.0 Å². The number of hydrogen-bond acceptors (Lipinski definition) is 6. The number of nitrogens with zero attached hydrogens (tertiary/aromatic N) is 3. The van der Waals surface area contributed by atoms with E-state index in [1.807, 2.05) is 65.5 Å². The summed E-state index contributed by atoms with van der Waals surface area (Å²) >= 11 is 0. The largest absolute Gasteiger partial charge is 0.395 e. The Bertz CT molecular complexity index is 1140. The van der Waals surface area contributed by atoms with Gasteiger partial charge in [-0.15, -0.1) is 5.10 Å². The van der Waals surface area contributed by atoms with Gasteiger partial charge in [0.05, 0.1) is 30.4 Å². The van der Waals surface area contributed by atoms with Crippen LogP contribution >= 0.6 is 0 Å². The van der Waals surface area contributed by atoms with Gasteiger partial charge in [0.1, 0.15) is 0 Å². The third-order valence-electron chi connectivity index (χ3n) is 6.88. The molecule has 0 radical (unpaired) electrons. The van der Waals surface area contributed by atoms with Crippen molar-refractivity contribution >= 4 is 11.6 Å². The highest BCUT2D eigenvalue weighted by Crippen LogP contribution is 2.28. The Kier molecular flexibility index (Phi) is 9.59. The van der Waals surface area contributed by atoms with Crippen molar-refractivity contribution in [1.29, 1.82) is 0 Å². The van der Waals surface area contributed by atoms with Crippen LogP contribution in [-0.4, -0.2) is 52.3 Å². The van der Waals surface area contributed by atoms with Gasteiger partial charge >= 0.3 is 0 Å². The molecule has 0 saturated carbocycles. The molecule has 8 nitrogen and oxygen atoms in total. The SMILES string of the molecule is CO[C@H](c1ccc(NC(=O)[C@H]2CCCN2)cc1)[C@H](C)/C=C/CCn1cc(C(CO)c2ccccc2)nn1. The van der Waals surface area contributed by atoms with Crippen molar-refractivity contribution in [3.8, 4) is 0 Å². The lowest BCUT2D eigenvalue weighted by atomic mass is 9.96. The van der Waals surface area contributed by atoms with Gasteiger partial charge in [-0.25, -0.2) is 0 Å². The number of allylic oxidation sites excluding steroid dienone is 1. The molecule has 0 aliphatic carbocycles. The molecule has 1 saturated heterocycles. The number of aryl methyl sites for hydroxylation is 1. The third-order valence-corrected chi connectivity index (χ3v) is 6.88. The molecule has 1 aliphatic rings. The molecule has 2 aromatic carbocycles. The van der Waals surface area contributed by atoms with Crippen molar-refractivity contribution in [2.45, 2.75) is 50.8 Å². The summed E-state index contributed by atoms with van der Waals surface area (Å²) in [5.74, 6) is 0.0136. The number of aliphatic hydroxyl groups is 1. The minimum atomic E-state index is -0.174. The Balaban J connectivity index is 1.28. The first-order valence-electron chi connectivity index (χ1n) is 13.0. The molecule has 3 N–H and O–H groups in total. The van der Waals surface area contributed by atoms with Gasteiger partial charge < -0.3 is 20.5 Å². The van der Waals surface area contributed by atoms with Crippen LogP contribution in [0.5, 0.6) is 0 Å². The topological polar surface area (TPSA) is 101 Å². The maximum atomic E-state index is 12.3. The molecule has 0 bridgehead atoms. The van der Waals surface area contributed by atoms with E-state index < -0.39 is 0 Å². The van der Waals surface area contributed by atoms with Crippen LogP contribution < -0.4 is 10.6 Å². The number of nitrogens with one attached hydrogen (secondary N) is 2. The normalized spacial score (nSPS) is 18.1. The lowest BCUT2D eigenvalue weighted by Gasteiger charge is -2.21. The number of methoxy groups -OCH3 is 1. The average Bonchev–Trinajstić information content (AvgIpc) is 3.62. The van der Waals surface area contributed by atoms with E-state index in [1.165, 1.54) is 0 Å². The number of aliphatic hydroxyl groups excluding tert-OH is 1. The number of carbonyl (C=O) groups is 1. The number of rotatable bonds is 12. The molecule has 2 heterocycles. The van der Waals surface area contributed by atoms with E-state index in [4.69, 9.17) is 4.74 Å². The number of ether oxygens (including phenoxy) is 1. The highest BCUT2D eigenvalue weighted by atomic mass is 16.5. The minimum absolute atomic E-state index is 0.0103. The molecule has 4 atom stereocenters. The van der Waals surface area contributed by atoms with Crippen molar-refractivity contribution in [3.05, 3.63) is 89.8 Å². The first-order chi connectivity index (χ1) is 18.1. The van der Waals surface area contributed by atoms with Crippen LogP contribution in [0.4, 0.5) is 5.69 Å². The van der Waals surface area contributed by atoms with E-state index >= 15 is 0 Å². The van der Waals surface area contributed by atoms with Crippen molar-refractivity contribution in [1.82, 2.24) is 20.3 Å². The second kappa shape index (κ2) is 13.3. The standard InChI is InChI=1S/C29H37N5O3/c1-21(28(37-2)23-13-15-24(16-14-23)31-29(36)26-12-8-17-30-26)9-6-7-18-34-19-27(32-33-34)25(20-35)22-10-4-3-5-11-22/h3-6,9-11,13-16,19,21,25-26,28,30,35H,7-8,12,17-18,20H2,1-2H3,(H,31,36)/b9-6+/t21-,25?,26-,28+/m1/s1. The molecule has 8 heteroatoms. The van der Waals surface area contributed by atoms with Crippen molar-refractivity contribution in [2.24, 2.45) is 5.92 Å². The third kappa shape index (κ3) is 7.13. The van der Waals surface area contributed by atoms with Gasteiger partial charge in [0.15, 0.2) is 0 Å². The van der Waals surface area contributed by atoms with Crippen LogP contribution in [0, 0.1) is 5.92 Å². The fraction of sp³-hybridized carbons (Fsp3) is 0.414. The second-order valence-corrected chi connectivity index (χ2v) is 9.54. The molecule has 37 heavy (non-hydrogen) atoms. The first kappa shape index (κ1) is 26.7. The molecule has 1 unspecified atom stereocenters. The molecule has 1 aromatic heterocycles. The summed E-state index contributed by atoms with van der Waals surface area (Å²) in [6, 6.07) is 17.7. The van der Waals surface area contributed by atoms with Crippen LogP contribution in [-0.2, 0) is 16.1 Å². The molecule has 4 rings (SSSR count). The van der Waals surface area contributed by atoms with Gasteiger partial charge in [-0.3, -0.25) is 9.48 Å². The highest BCUT2D eigenvalue weighted by Gasteiger charge is 2.22. The molecule has 3 aromatic rings. The number of aromatic nitrogens is 3. The van der Waals surface area contributed by atoms with Gasteiger partial charge in [0, 0.05) is 31.5 Å². The fourth-order valence-corrected chi connectivity index (χ4v) is 4.80. The maximum absolute atomic E-state index is 12.3. The van der Waals surface area contributed by atoms with E-state index in [9.17, 15) is 9.90 Å². The lowest BCUT2D eigenvalue weighted by molar-refractivity contribution is -0.117. The Hall–Kier alpha value is -3.33. The summed E-state index contributed by atoms with van der Waals surface area (Å²) in [4.78, 5) is 12.3. The Morgan fingerprint density at radius 3 is 2.68 bits per heavy atom. The Morgan fingerprint density at radius 2 is 2.00 bits per heavy atom. The van der Waals surface area contributed by atoms with Crippen LogP contribution in [0.3, 0.4) is 0 Å². The summed E-state index contributed by atoms with van der Waals surface area (Å²) in [6.45, 7) is 3.72. The second-order valence-electron chi connectivity index (χ2n) is 9.54. The van der Waals surface area contributed by atoms with Crippen molar-refractivity contribution in [2.75, 3.05) is 25.6 Å².